The van der Waals surface area contributed by atoms with Crippen molar-refractivity contribution in [3.05, 3.63) is 59.2 Å². The second-order valence-electron chi connectivity index (χ2n) is 9.38. The first-order valence-electron chi connectivity index (χ1n) is 11.9. The molecule has 0 unspecified atom stereocenters. The molecule has 178 valence electrons. The van der Waals surface area contributed by atoms with Crippen LogP contribution in [0.15, 0.2) is 42.5 Å². The third-order valence-corrected chi connectivity index (χ3v) is 7.18. The monoisotopic (exact) mass is 462 g/mol. The summed E-state index contributed by atoms with van der Waals surface area (Å²) in [6, 6.07) is 12.0. The number of hydrogen-bond donors (Lipinski definition) is 2. The number of hydrogen-bond acceptors (Lipinski definition) is 5. The predicted octanol–water partition coefficient (Wildman–Crippen LogP) is 2.81. The average molecular weight is 463 g/mol. The summed E-state index contributed by atoms with van der Waals surface area (Å²) in [5, 5.41) is 5.66. The van der Waals surface area contributed by atoms with E-state index in [4.69, 9.17) is 4.74 Å². The first kappa shape index (κ1) is 22.4. The van der Waals surface area contributed by atoms with Crippen LogP contribution in [0.4, 0.5) is 16.2 Å². The number of carbonyl (C=O) groups excluding carboxylic acids is 3. The molecule has 8 heteroatoms. The molecule has 4 amide bonds. The topological polar surface area (TPSA) is 91.0 Å². The van der Waals surface area contributed by atoms with E-state index in [0.717, 1.165) is 48.5 Å². The number of benzene rings is 2. The van der Waals surface area contributed by atoms with Crippen LogP contribution in [0.1, 0.15) is 37.0 Å². The zero-order valence-corrected chi connectivity index (χ0v) is 19.6. The minimum Gasteiger partial charge on any atom is -0.378 e. The zero-order valence-electron chi connectivity index (χ0n) is 19.6. The van der Waals surface area contributed by atoms with E-state index in [1.54, 1.807) is 13.8 Å². The highest BCUT2D eigenvalue weighted by atomic mass is 16.5. The maximum Gasteiger partial charge on any atom is 0.326 e. The Bertz CT molecular complexity index is 1130. The summed E-state index contributed by atoms with van der Waals surface area (Å²) in [6.07, 6.45) is 3.13. The van der Waals surface area contributed by atoms with Gasteiger partial charge in [-0.15, -0.1) is 0 Å². The molecule has 2 saturated heterocycles. The van der Waals surface area contributed by atoms with Gasteiger partial charge < -0.3 is 20.3 Å². The molecule has 2 atom stereocenters. The van der Waals surface area contributed by atoms with E-state index < -0.39 is 29.4 Å². The van der Waals surface area contributed by atoms with Gasteiger partial charge in [0.25, 0.3) is 5.91 Å². The van der Waals surface area contributed by atoms with E-state index in [2.05, 4.69) is 15.5 Å². The van der Waals surface area contributed by atoms with Crippen LogP contribution in [-0.2, 0) is 32.7 Å². The summed E-state index contributed by atoms with van der Waals surface area (Å²) >= 11 is 0. The molecule has 2 aromatic rings. The number of nitrogens with zero attached hydrogens (tertiary/aromatic N) is 2. The molecule has 0 saturated carbocycles. The molecular formula is C26H30N4O4. The molecule has 3 aliphatic rings. The van der Waals surface area contributed by atoms with Gasteiger partial charge in [-0.05, 0) is 74.1 Å². The molecule has 0 spiro atoms. The average Bonchev–Trinajstić information content (AvgIpc) is 3.41. The van der Waals surface area contributed by atoms with Crippen molar-refractivity contribution in [2.45, 2.75) is 44.7 Å². The number of morpholine rings is 1. The molecule has 1 aliphatic carbocycles. The number of fused-ring (bicyclic) bond motifs is 1. The summed E-state index contributed by atoms with van der Waals surface area (Å²) in [5.41, 5.74) is 3.76. The number of urea groups is 1. The van der Waals surface area contributed by atoms with E-state index in [-0.39, 0.29) is 0 Å². The Morgan fingerprint density at radius 3 is 2.50 bits per heavy atom. The molecular weight excluding hydrogens is 432 g/mol. The van der Waals surface area contributed by atoms with E-state index in [9.17, 15) is 14.4 Å². The Balaban J connectivity index is 1.28. The van der Waals surface area contributed by atoms with Crippen molar-refractivity contribution in [2.24, 2.45) is 0 Å². The van der Waals surface area contributed by atoms with Crippen LogP contribution in [0.3, 0.4) is 0 Å². The number of aryl methyl sites for hydroxylation is 2. The van der Waals surface area contributed by atoms with Crippen LogP contribution in [-0.4, -0.2) is 55.1 Å². The SMILES string of the molecule is C[C@@H](C(=O)Nc1ccc(N2CCOCC2)cc1)N1C(=O)N[C@](C)(c2ccc3c(c2)CCC3)C1=O. The van der Waals surface area contributed by atoms with Gasteiger partial charge >= 0.3 is 6.03 Å². The van der Waals surface area contributed by atoms with E-state index >= 15 is 0 Å². The lowest BCUT2D eigenvalue weighted by Crippen LogP contribution is -2.47. The fourth-order valence-electron chi connectivity index (χ4n) is 5.03. The van der Waals surface area contributed by atoms with Gasteiger partial charge in [0.2, 0.25) is 5.91 Å². The van der Waals surface area contributed by atoms with Gasteiger partial charge in [-0.1, -0.05) is 18.2 Å². The molecule has 0 radical (unpaired) electrons. The van der Waals surface area contributed by atoms with Gasteiger partial charge in [0.1, 0.15) is 11.6 Å². The van der Waals surface area contributed by atoms with E-state index in [1.165, 1.54) is 11.1 Å². The highest BCUT2D eigenvalue weighted by molar-refractivity contribution is 6.11. The second kappa shape index (κ2) is 8.76. The van der Waals surface area contributed by atoms with Crippen LogP contribution in [0.2, 0.25) is 0 Å². The van der Waals surface area contributed by atoms with Crippen molar-refractivity contribution in [2.75, 3.05) is 36.5 Å². The van der Waals surface area contributed by atoms with Crippen LogP contribution in [0, 0.1) is 0 Å². The molecule has 8 nitrogen and oxygen atoms in total. The lowest BCUT2D eigenvalue weighted by molar-refractivity contribution is -0.136. The molecule has 2 aromatic carbocycles. The minimum absolute atomic E-state index is 0.416. The fourth-order valence-corrected chi connectivity index (χ4v) is 5.03. The largest absolute Gasteiger partial charge is 0.378 e. The Hall–Kier alpha value is -3.39. The molecule has 2 N–H and O–H groups in total. The number of ether oxygens (including phenoxy) is 1. The number of nitrogens with one attached hydrogen (secondary N) is 2. The van der Waals surface area contributed by atoms with E-state index in [1.807, 2.05) is 42.5 Å². The van der Waals surface area contributed by atoms with Crippen LogP contribution in [0.25, 0.3) is 0 Å². The number of imide groups is 1. The quantitative estimate of drug-likeness (QED) is 0.667. The van der Waals surface area contributed by atoms with Gasteiger partial charge in [-0.3, -0.25) is 9.59 Å². The first-order valence-corrected chi connectivity index (χ1v) is 11.9. The molecule has 0 aromatic heterocycles. The zero-order chi connectivity index (χ0) is 23.9. The Morgan fingerprint density at radius 2 is 1.76 bits per heavy atom. The summed E-state index contributed by atoms with van der Waals surface area (Å²) in [6.45, 7) is 6.34. The Kier molecular flexibility index (Phi) is 5.77. The van der Waals surface area contributed by atoms with Crippen LogP contribution >= 0.6 is 0 Å². The van der Waals surface area contributed by atoms with Crippen molar-refractivity contribution in [3.8, 4) is 0 Å². The third kappa shape index (κ3) is 3.92. The van der Waals surface area contributed by atoms with Crippen molar-refractivity contribution in [1.29, 1.82) is 0 Å². The standard InChI is InChI=1S/C26H30N4O4/c1-17(23(31)27-21-8-10-22(11-9-21)29-12-14-34-15-13-29)30-24(32)26(2,28-25(30)33)20-7-6-18-4-3-5-19(18)16-20/h6-11,16-17H,3-5,12-15H2,1-2H3,(H,27,31)(H,28,33)/t17-,26+/m0/s1. The van der Waals surface area contributed by atoms with Crippen LogP contribution < -0.4 is 15.5 Å². The van der Waals surface area contributed by atoms with Gasteiger partial charge in [0.15, 0.2) is 0 Å². The molecule has 0 bridgehead atoms. The summed E-state index contributed by atoms with van der Waals surface area (Å²) in [5.74, 6) is -0.832. The number of amides is 4. The van der Waals surface area contributed by atoms with Crippen LogP contribution in [0.5, 0.6) is 0 Å². The minimum atomic E-state index is -1.19. The number of anilines is 2. The normalized spacial score (nSPS) is 23.0. The lowest BCUT2D eigenvalue weighted by Gasteiger charge is -2.29. The number of rotatable bonds is 5. The van der Waals surface area contributed by atoms with Crippen molar-refractivity contribution in [3.63, 3.8) is 0 Å². The summed E-state index contributed by atoms with van der Waals surface area (Å²) < 4.78 is 5.39. The number of carbonyl (C=O) groups is 3. The van der Waals surface area contributed by atoms with Gasteiger partial charge in [0.05, 0.1) is 13.2 Å². The molecule has 2 aliphatic heterocycles. The van der Waals surface area contributed by atoms with Gasteiger partial charge in [-0.2, -0.15) is 0 Å². The summed E-state index contributed by atoms with van der Waals surface area (Å²) in [7, 11) is 0. The third-order valence-electron chi connectivity index (χ3n) is 7.18. The van der Waals surface area contributed by atoms with Gasteiger partial charge in [-0.25, -0.2) is 9.69 Å². The van der Waals surface area contributed by atoms with Gasteiger partial charge in [0, 0.05) is 24.5 Å². The lowest BCUT2D eigenvalue weighted by atomic mass is 9.89. The highest BCUT2D eigenvalue weighted by Crippen LogP contribution is 2.33. The maximum atomic E-state index is 13.4. The highest BCUT2D eigenvalue weighted by Gasteiger charge is 2.52. The van der Waals surface area contributed by atoms with E-state index in [0.29, 0.717) is 18.9 Å². The Labute approximate surface area is 199 Å². The summed E-state index contributed by atoms with van der Waals surface area (Å²) in [4.78, 5) is 42.5. The molecule has 34 heavy (non-hydrogen) atoms. The molecule has 2 heterocycles. The van der Waals surface area contributed by atoms with Crippen molar-refractivity contribution < 1.29 is 19.1 Å². The Morgan fingerprint density at radius 1 is 1.06 bits per heavy atom. The molecule has 2 fully saturated rings. The predicted molar refractivity (Wildman–Crippen MR) is 129 cm³/mol. The first-order chi connectivity index (χ1) is 16.4. The molecule has 5 rings (SSSR count). The second-order valence-corrected chi connectivity index (χ2v) is 9.38. The van der Waals surface area contributed by atoms with Crippen molar-refractivity contribution >= 4 is 29.2 Å². The fraction of sp³-hybridized carbons (Fsp3) is 0.423. The maximum absolute atomic E-state index is 13.4. The smallest absolute Gasteiger partial charge is 0.326 e. The van der Waals surface area contributed by atoms with Crippen molar-refractivity contribution in [1.82, 2.24) is 10.2 Å².